The van der Waals surface area contributed by atoms with Gasteiger partial charge in [-0.2, -0.15) is 0 Å². The van der Waals surface area contributed by atoms with Crippen molar-refractivity contribution in [3.05, 3.63) is 35.9 Å². The second-order valence-electron chi connectivity index (χ2n) is 3.79. The number of rotatable bonds is 4. The van der Waals surface area contributed by atoms with Crippen molar-refractivity contribution >= 4 is 0 Å². The number of aliphatic hydroxyl groups is 2. The molecule has 1 aromatic carbocycles. The Balaban J connectivity index is 0.000000385. The van der Waals surface area contributed by atoms with Gasteiger partial charge in [0.25, 0.3) is 0 Å². The van der Waals surface area contributed by atoms with Crippen LogP contribution >= 0.6 is 0 Å². The first kappa shape index (κ1) is 15.1. The fraction of sp³-hybridized carbons (Fsp3) is 0.500. The van der Waals surface area contributed by atoms with Crippen LogP contribution in [0.2, 0.25) is 0 Å². The van der Waals surface area contributed by atoms with Crippen LogP contribution < -0.4 is 11.5 Å². The minimum Gasteiger partial charge on any atom is -0.395 e. The lowest BCUT2D eigenvalue weighted by Gasteiger charge is -2.06. The molecule has 0 radical (unpaired) electrons. The van der Waals surface area contributed by atoms with Crippen LogP contribution in [0.4, 0.5) is 0 Å². The average molecular weight is 226 g/mol. The number of aliphatic hydroxyl groups excluding tert-OH is 2. The Hall–Kier alpha value is -0.940. The molecular formula is C12H22N2O2. The number of nitrogens with two attached hydrogens (primary N) is 2. The van der Waals surface area contributed by atoms with E-state index in [1.807, 2.05) is 30.3 Å². The summed E-state index contributed by atoms with van der Waals surface area (Å²) in [5.41, 5.74) is 11.8. The highest BCUT2D eigenvalue weighted by molar-refractivity contribution is 5.15. The highest BCUT2D eigenvalue weighted by Gasteiger charge is 1.99. The number of hydrogen-bond acceptors (Lipinski definition) is 4. The van der Waals surface area contributed by atoms with Crippen LogP contribution in [0.15, 0.2) is 30.3 Å². The highest BCUT2D eigenvalue weighted by Crippen LogP contribution is 2.00. The number of hydrogen-bond donors (Lipinski definition) is 4. The zero-order valence-corrected chi connectivity index (χ0v) is 9.71. The predicted molar refractivity (Wildman–Crippen MR) is 65.9 cm³/mol. The molecule has 6 N–H and O–H groups in total. The van der Waals surface area contributed by atoms with E-state index in [1.54, 1.807) is 6.92 Å². The summed E-state index contributed by atoms with van der Waals surface area (Å²) in [5, 5.41) is 16.7. The van der Waals surface area contributed by atoms with E-state index in [4.69, 9.17) is 21.7 Å². The molecule has 16 heavy (non-hydrogen) atoms. The van der Waals surface area contributed by atoms with Crippen molar-refractivity contribution in [2.75, 3.05) is 13.2 Å². The second kappa shape index (κ2) is 9.30. The maximum absolute atomic E-state index is 8.67. The summed E-state index contributed by atoms with van der Waals surface area (Å²) in [6.07, 6.45) is 0.747. The van der Waals surface area contributed by atoms with Crippen molar-refractivity contribution in [1.82, 2.24) is 0 Å². The van der Waals surface area contributed by atoms with E-state index in [-0.39, 0.29) is 25.3 Å². The van der Waals surface area contributed by atoms with Crippen molar-refractivity contribution in [3.63, 3.8) is 0 Å². The van der Waals surface area contributed by atoms with Gasteiger partial charge in [0.2, 0.25) is 0 Å². The van der Waals surface area contributed by atoms with Gasteiger partial charge in [0, 0.05) is 12.1 Å². The largest absolute Gasteiger partial charge is 0.395 e. The summed E-state index contributed by atoms with van der Waals surface area (Å²) in [6.45, 7) is 1.88. The fourth-order valence-corrected chi connectivity index (χ4v) is 0.981. The molecule has 0 aliphatic rings. The van der Waals surface area contributed by atoms with Gasteiger partial charge in [-0.1, -0.05) is 30.3 Å². The molecule has 0 aromatic heterocycles. The smallest absolute Gasteiger partial charge is 0.0585 e. The van der Waals surface area contributed by atoms with Gasteiger partial charge < -0.3 is 21.7 Å². The molecule has 0 amide bonds. The molecule has 0 heterocycles. The maximum atomic E-state index is 8.67. The number of benzene rings is 1. The first-order valence-corrected chi connectivity index (χ1v) is 5.37. The minimum absolute atomic E-state index is 0.0505. The summed E-state index contributed by atoms with van der Waals surface area (Å²) in [5.74, 6) is 0. The Morgan fingerprint density at radius 3 is 1.94 bits per heavy atom. The fourth-order valence-electron chi connectivity index (χ4n) is 0.981. The third-order valence-corrected chi connectivity index (χ3v) is 1.86. The SMILES string of the molecule is C[C@H](N)CO.N[C@H](CO)Cc1ccccc1. The van der Waals surface area contributed by atoms with E-state index in [0.29, 0.717) is 0 Å². The lowest BCUT2D eigenvalue weighted by atomic mass is 10.1. The Bertz CT molecular complexity index is 252. The lowest BCUT2D eigenvalue weighted by molar-refractivity contribution is 0.265. The van der Waals surface area contributed by atoms with E-state index in [2.05, 4.69) is 0 Å². The van der Waals surface area contributed by atoms with E-state index in [1.165, 1.54) is 5.56 Å². The van der Waals surface area contributed by atoms with Gasteiger partial charge in [0.05, 0.1) is 13.2 Å². The Morgan fingerprint density at radius 2 is 1.56 bits per heavy atom. The molecule has 0 aliphatic heterocycles. The summed E-state index contributed by atoms with van der Waals surface area (Å²) in [4.78, 5) is 0. The molecule has 0 saturated heterocycles. The third kappa shape index (κ3) is 8.38. The van der Waals surface area contributed by atoms with Crippen LogP contribution in [-0.4, -0.2) is 35.5 Å². The predicted octanol–water partition coefficient (Wildman–Crippen LogP) is -0.125. The molecule has 0 spiro atoms. The molecule has 2 atom stereocenters. The molecule has 0 bridgehead atoms. The van der Waals surface area contributed by atoms with Crippen LogP contribution in [0.1, 0.15) is 12.5 Å². The van der Waals surface area contributed by atoms with Crippen molar-refractivity contribution in [2.45, 2.75) is 25.4 Å². The first-order chi connectivity index (χ1) is 7.60. The molecule has 4 heteroatoms. The molecule has 1 rings (SSSR count). The minimum atomic E-state index is -0.127. The van der Waals surface area contributed by atoms with Crippen molar-refractivity contribution in [1.29, 1.82) is 0 Å². The van der Waals surface area contributed by atoms with Crippen molar-refractivity contribution in [2.24, 2.45) is 11.5 Å². The van der Waals surface area contributed by atoms with Crippen molar-refractivity contribution < 1.29 is 10.2 Å². The van der Waals surface area contributed by atoms with Crippen LogP contribution in [0.25, 0.3) is 0 Å². The zero-order valence-electron chi connectivity index (χ0n) is 9.71. The van der Waals surface area contributed by atoms with Crippen LogP contribution in [0.3, 0.4) is 0 Å². The third-order valence-electron chi connectivity index (χ3n) is 1.86. The van der Waals surface area contributed by atoms with Gasteiger partial charge in [-0.15, -0.1) is 0 Å². The molecule has 0 unspecified atom stereocenters. The van der Waals surface area contributed by atoms with Crippen molar-refractivity contribution in [3.8, 4) is 0 Å². The quantitative estimate of drug-likeness (QED) is 0.575. The van der Waals surface area contributed by atoms with E-state index < -0.39 is 0 Å². The van der Waals surface area contributed by atoms with Gasteiger partial charge in [0.15, 0.2) is 0 Å². The first-order valence-electron chi connectivity index (χ1n) is 5.37. The van der Waals surface area contributed by atoms with Gasteiger partial charge in [0.1, 0.15) is 0 Å². The zero-order chi connectivity index (χ0) is 12.4. The monoisotopic (exact) mass is 226 g/mol. The van der Waals surface area contributed by atoms with Crippen LogP contribution in [-0.2, 0) is 6.42 Å². The Labute approximate surface area is 96.9 Å². The molecule has 0 fully saturated rings. The van der Waals surface area contributed by atoms with E-state index >= 15 is 0 Å². The molecule has 0 saturated carbocycles. The second-order valence-corrected chi connectivity index (χ2v) is 3.79. The summed E-state index contributed by atoms with van der Waals surface area (Å²) >= 11 is 0. The maximum Gasteiger partial charge on any atom is 0.0585 e. The summed E-state index contributed by atoms with van der Waals surface area (Å²) in [7, 11) is 0. The average Bonchev–Trinajstić information content (AvgIpc) is 2.31. The van der Waals surface area contributed by atoms with Crippen LogP contribution in [0.5, 0.6) is 0 Å². The van der Waals surface area contributed by atoms with E-state index in [0.717, 1.165) is 6.42 Å². The Morgan fingerprint density at radius 1 is 1.06 bits per heavy atom. The highest BCUT2D eigenvalue weighted by atomic mass is 16.3. The molecule has 0 aliphatic carbocycles. The molecule has 92 valence electrons. The summed E-state index contributed by atoms with van der Waals surface area (Å²) < 4.78 is 0. The van der Waals surface area contributed by atoms with Crippen LogP contribution in [0, 0.1) is 0 Å². The van der Waals surface area contributed by atoms with Gasteiger partial charge in [-0.05, 0) is 18.9 Å². The van der Waals surface area contributed by atoms with E-state index in [9.17, 15) is 0 Å². The normalized spacial score (nSPS) is 13.6. The molecule has 1 aromatic rings. The molecular weight excluding hydrogens is 204 g/mol. The Kier molecular flexibility index (Phi) is 8.75. The summed E-state index contributed by atoms with van der Waals surface area (Å²) in [6, 6.07) is 9.74. The lowest BCUT2D eigenvalue weighted by Crippen LogP contribution is -2.26. The standard InChI is InChI=1S/C9H13NO.C3H9NO/c10-9(7-11)6-8-4-2-1-3-5-8;1-3(4)2-5/h1-5,9,11H,6-7,10H2;3,5H,2,4H2,1H3/t9-;3-/m00/s1. The van der Waals surface area contributed by atoms with Gasteiger partial charge in [-0.25, -0.2) is 0 Å². The molecule has 4 nitrogen and oxygen atoms in total. The van der Waals surface area contributed by atoms with Gasteiger partial charge >= 0.3 is 0 Å². The van der Waals surface area contributed by atoms with Gasteiger partial charge in [-0.3, -0.25) is 0 Å². The topological polar surface area (TPSA) is 92.5 Å².